The van der Waals surface area contributed by atoms with Gasteiger partial charge >= 0.3 is 0 Å². The summed E-state index contributed by atoms with van der Waals surface area (Å²) < 4.78 is 2.71. The number of nitrogens with one attached hydrogen (secondary N) is 1. The molecule has 0 bridgehead atoms. The Labute approximate surface area is 139 Å². The highest BCUT2D eigenvalue weighted by Gasteiger charge is 2.18. The smallest absolute Gasteiger partial charge is 0.130 e. The number of halogens is 2. The summed E-state index contributed by atoms with van der Waals surface area (Å²) >= 11 is 9.84. The molecule has 21 heavy (non-hydrogen) atoms. The van der Waals surface area contributed by atoms with Crippen LogP contribution in [0.25, 0.3) is 0 Å². The maximum atomic E-state index is 6.36. The Bertz CT molecular complexity index is 612. The lowest BCUT2D eigenvalue weighted by molar-refractivity contribution is 0.527. The van der Waals surface area contributed by atoms with Crippen molar-refractivity contribution in [1.29, 1.82) is 0 Å². The Morgan fingerprint density at radius 1 is 1.43 bits per heavy atom. The van der Waals surface area contributed by atoms with Crippen LogP contribution in [-0.4, -0.2) is 21.3 Å². The fourth-order valence-corrected chi connectivity index (χ4v) is 2.99. The van der Waals surface area contributed by atoms with Gasteiger partial charge in [0.1, 0.15) is 5.15 Å². The van der Waals surface area contributed by atoms with Gasteiger partial charge in [-0.15, -0.1) is 0 Å². The van der Waals surface area contributed by atoms with Crippen LogP contribution in [0.2, 0.25) is 5.15 Å². The highest BCUT2D eigenvalue weighted by Crippen LogP contribution is 2.26. The second kappa shape index (κ2) is 7.38. The van der Waals surface area contributed by atoms with E-state index in [2.05, 4.69) is 44.3 Å². The van der Waals surface area contributed by atoms with Crippen molar-refractivity contribution in [3.63, 3.8) is 0 Å². The summed E-state index contributed by atoms with van der Waals surface area (Å²) in [5.74, 6) is 0. The minimum absolute atomic E-state index is 0.176. The van der Waals surface area contributed by atoms with Crippen molar-refractivity contribution < 1.29 is 0 Å². The van der Waals surface area contributed by atoms with E-state index in [0.29, 0.717) is 5.15 Å². The molecule has 2 heterocycles. The largest absolute Gasteiger partial charge is 0.310 e. The normalized spacial score (nSPS) is 12.6. The molecule has 0 fully saturated rings. The van der Waals surface area contributed by atoms with Gasteiger partial charge in [0.2, 0.25) is 0 Å². The van der Waals surface area contributed by atoms with Gasteiger partial charge in [0.05, 0.1) is 5.69 Å². The molecule has 6 heteroatoms. The Hall–Kier alpha value is -0.910. The number of aryl methyl sites for hydroxylation is 2. The maximum absolute atomic E-state index is 6.36. The molecule has 4 nitrogen and oxygen atoms in total. The van der Waals surface area contributed by atoms with Crippen LogP contribution in [0.3, 0.4) is 0 Å². The first-order valence-electron chi connectivity index (χ1n) is 7.04. The zero-order valence-electron chi connectivity index (χ0n) is 12.5. The van der Waals surface area contributed by atoms with E-state index in [-0.39, 0.29) is 6.04 Å². The molecule has 0 aliphatic heterocycles. The molecule has 1 unspecified atom stereocenters. The molecule has 0 radical (unpaired) electrons. The molecular weight excluding hydrogens is 352 g/mol. The van der Waals surface area contributed by atoms with Crippen LogP contribution in [0, 0.1) is 6.92 Å². The standard InChI is InChI=1S/C15H20BrClN4/c1-4-5-19-14(11-6-12(16)9-18-8-11)7-13-10(2)20-21(3)15(13)17/h6,8-9,14,19H,4-5,7H2,1-3H3. The molecule has 0 spiro atoms. The second-order valence-corrected chi connectivity index (χ2v) is 6.40. The molecule has 0 aliphatic rings. The van der Waals surface area contributed by atoms with E-state index in [1.165, 1.54) is 0 Å². The Morgan fingerprint density at radius 3 is 2.76 bits per heavy atom. The zero-order valence-corrected chi connectivity index (χ0v) is 14.9. The zero-order chi connectivity index (χ0) is 15.4. The predicted octanol–water partition coefficient (Wildman–Crippen LogP) is 3.82. The van der Waals surface area contributed by atoms with Crippen LogP contribution in [0.5, 0.6) is 0 Å². The fraction of sp³-hybridized carbons (Fsp3) is 0.467. The van der Waals surface area contributed by atoms with Crippen molar-refractivity contribution in [3.8, 4) is 0 Å². The van der Waals surface area contributed by atoms with Gasteiger partial charge in [0.25, 0.3) is 0 Å². The highest BCUT2D eigenvalue weighted by atomic mass is 79.9. The minimum atomic E-state index is 0.176. The summed E-state index contributed by atoms with van der Waals surface area (Å²) in [7, 11) is 1.87. The molecule has 0 saturated carbocycles. The average molecular weight is 372 g/mol. The summed E-state index contributed by atoms with van der Waals surface area (Å²) in [6.07, 6.45) is 5.58. The molecule has 2 rings (SSSR count). The Morgan fingerprint density at radius 2 is 2.19 bits per heavy atom. The molecular formula is C15H20BrClN4. The van der Waals surface area contributed by atoms with Crippen molar-refractivity contribution >= 4 is 27.5 Å². The monoisotopic (exact) mass is 370 g/mol. The van der Waals surface area contributed by atoms with Gasteiger partial charge < -0.3 is 5.32 Å². The third-order valence-corrected chi connectivity index (χ3v) is 4.35. The van der Waals surface area contributed by atoms with E-state index in [1.54, 1.807) is 10.9 Å². The summed E-state index contributed by atoms with van der Waals surface area (Å²) in [4.78, 5) is 4.26. The second-order valence-electron chi connectivity index (χ2n) is 5.13. The number of hydrogen-bond acceptors (Lipinski definition) is 3. The van der Waals surface area contributed by atoms with Crippen LogP contribution in [0.4, 0.5) is 0 Å². The van der Waals surface area contributed by atoms with E-state index in [4.69, 9.17) is 11.6 Å². The molecule has 1 atom stereocenters. The number of hydrogen-bond donors (Lipinski definition) is 1. The van der Waals surface area contributed by atoms with Crippen LogP contribution in [0.15, 0.2) is 22.9 Å². The van der Waals surface area contributed by atoms with Crippen LogP contribution >= 0.6 is 27.5 Å². The summed E-state index contributed by atoms with van der Waals surface area (Å²) in [6.45, 7) is 5.11. The lowest BCUT2D eigenvalue weighted by atomic mass is 10.0. The molecule has 0 aliphatic carbocycles. The van der Waals surface area contributed by atoms with Crippen LogP contribution < -0.4 is 5.32 Å². The third-order valence-electron chi connectivity index (χ3n) is 3.45. The van der Waals surface area contributed by atoms with Crippen LogP contribution in [-0.2, 0) is 13.5 Å². The average Bonchev–Trinajstić information content (AvgIpc) is 2.69. The van der Waals surface area contributed by atoms with Gasteiger partial charge in [0, 0.05) is 35.5 Å². The lowest BCUT2D eigenvalue weighted by Crippen LogP contribution is -2.24. The predicted molar refractivity (Wildman–Crippen MR) is 89.6 cm³/mol. The van der Waals surface area contributed by atoms with Gasteiger partial charge in [-0.05, 0) is 53.9 Å². The minimum Gasteiger partial charge on any atom is -0.310 e. The molecule has 0 amide bonds. The van der Waals surface area contributed by atoms with Crippen molar-refractivity contribution in [2.75, 3.05) is 6.54 Å². The van der Waals surface area contributed by atoms with E-state index < -0.39 is 0 Å². The molecule has 2 aromatic heterocycles. The number of rotatable bonds is 6. The van der Waals surface area contributed by atoms with E-state index in [0.717, 1.165) is 40.7 Å². The topological polar surface area (TPSA) is 42.7 Å². The van der Waals surface area contributed by atoms with Gasteiger partial charge in [-0.2, -0.15) is 5.10 Å². The first-order valence-corrected chi connectivity index (χ1v) is 8.21. The summed E-state index contributed by atoms with van der Waals surface area (Å²) in [6, 6.07) is 2.27. The summed E-state index contributed by atoms with van der Waals surface area (Å²) in [5.41, 5.74) is 3.22. The van der Waals surface area contributed by atoms with Gasteiger partial charge in [-0.25, -0.2) is 0 Å². The Balaban J connectivity index is 2.28. The Kier molecular flexibility index (Phi) is 5.79. The molecule has 0 saturated heterocycles. The number of aromatic nitrogens is 3. The van der Waals surface area contributed by atoms with Crippen molar-refractivity contribution in [1.82, 2.24) is 20.1 Å². The van der Waals surface area contributed by atoms with Crippen molar-refractivity contribution in [2.24, 2.45) is 7.05 Å². The molecule has 2 aromatic rings. The van der Waals surface area contributed by atoms with Crippen molar-refractivity contribution in [3.05, 3.63) is 44.9 Å². The van der Waals surface area contributed by atoms with Crippen LogP contribution in [0.1, 0.15) is 36.2 Å². The first kappa shape index (κ1) is 16.5. The summed E-state index contributed by atoms with van der Waals surface area (Å²) in [5, 5.41) is 8.66. The van der Waals surface area contributed by atoms with Gasteiger partial charge in [0.15, 0.2) is 0 Å². The molecule has 0 aromatic carbocycles. The van der Waals surface area contributed by atoms with E-state index in [1.807, 2.05) is 20.2 Å². The van der Waals surface area contributed by atoms with E-state index in [9.17, 15) is 0 Å². The molecule has 114 valence electrons. The first-order chi connectivity index (χ1) is 10.0. The highest BCUT2D eigenvalue weighted by molar-refractivity contribution is 9.10. The van der Waals surface area contributed by atoms with Gasteiger partial charge in [-0.3, -0.25) is 9.67 Å². The quantitative estimate of drug-likeness (QED) is 0.839. The lowest BCUT2D eigenvalue weighted by Gasteiger charge is -2.19. The van der Waals surface area contributed by atoms with Crippen molar-refractivity contribution in [2.45, 2.75) is 32.7 Å². The SMILES string of the molecule is CCCNC(Cc1c(C)nn(C)c1Cl)c1cncc(Br)c1. The van der Waals surface area contributed by atoms with Gasteiger partial charge in [-0.1, -0.05) is 18.5 Å². The van der Waals surface area contributed by atoms with E-state index >= 15 is 0 Å². The fourth-order valence-electron chi connectivity index (χ4n) is 2.36. The maximum Gasteiger partial charge on any atom is 0.130 e. The molecule has 1 N–H and O–H groups in total. The number of nitrogens with zero attached hydrogens (tertiary/aromatic N) is 3. The third kappa shape index (κ3) is 4.05. The number of pyridine rings is 1.